The highest BCUT2D eigenvalue weighted by atomic mass is 16.3. The first-order chi connectivity index (χ1) is 63.9. The molecule has 0 aliphatic rings. The maximum absolute atomic E-state index is 6.14. The Balaban J connectivity index is 0.000000108. The van der Waals surface area contributed by atoms with Gasteiger partial charge >= 0.3 is 0 Å². The molecule has 26 rings (SSSR count). The lowest BCUT2D eigenvalue weighted by atomic mass is 9.96. The molecule has 0 amide bonds. The molecule has 9 heteroatoms. The van der Waals surface area contributed by atoms with E-state index in [2.05, 4.69) is 340 Å². The Morgan fingerprint density at radius 3 is 1.14 bits per heavy atom. The minimum absolute atomic E-state index is 0.721. The number of para-hydroxylation sites is 5. The molecule has 0 fully saturated rings. The molecule has 0 aliphatic heterocycles. The first kappa shape index (κ1) is 75.4. The summed E-state index contributed by atoms with van der Waals surface area (Å²) in [4.78, 5) is 30.7. The molecule has 0 bridgehead atoms. The molecule has 0 saturated heterocycles. The molecule has 0 unspecified atom stereocenters. The normalized spacial score (nSPS) is 11.6. The van der Waals surface area contributed by atoms with Crippen LogP contribution >= 0.6 is 0 Å². The molecule has 6 aromatic heterocycles. The molecule has 0 aliphatic carbocycles. The van der Waals surface area contributed by atoms with Gasteiger partial charge in [0.05, 0.1) is 44.8 Å². The van der Waals surface area contributed by atoms with Crippen LogP contribution in [0.3, 0.4) is 0 Å². The Morgan fingerprint density at radius 2 is 0.512 bits per heavy atom. The van der Waals surface area contributed by atoms with Gasteiger partial charge < -0.3 is 13.3 Å². The molecule has 0 spiro atoms. The summed E-state index contributed by atoms with van der Waals surface area (Å²) in [5.74, 6) is 1.45. The fourth-order valence-electron chi connectivity index (χ4n) is 18.4. The SMILES string of the molecule is c1ccc(-c2nc(-c3ccc4ccccc4c3)c3ccc(-c4ccc(-c5cccc6oc7ccccc7c56)cc4)cc3n2)cc1.c1ccc(-c2nc(-c3cccc4ccccc34)nc3ccc(-c4ccc(-c5cccc6oc7ccccc7c56)cc4)cc23)cc1.c1ccc2cc(-c3ccc(-c4nc5ccccc5nc4-c4ccc5oc6ccccc6c5c4)cc3)ccc2c1. The van der Waals surface area contributed by atoms with E-state index in [0.717, 1.165) is 205 Å². The van der Waals surface area contributed by atoms with Crippen molar-refractivity contribution in [3.63, 3.8) is 0 Å². The maximum Gasteiger partial charge on any atom is 0.161 e. The quantitative estimate of drug-likeness (QED) is 0.125. The van der Waals surface area contributed by atoms with Crippen molar-refractivity contribution in [2.75, 3.05) is 0 Å². The molecule has 0 N–H and O–H groups in total. The molecule has 6 heterocycles. The minimum Gasteiger partial charge on any atom is -0.456 e. The minimum atomic E-state index is 0.721. The van der Waals surface area contributed by atoms with E-state index in [9.17, 15) is 0 Å². The van der Waals surface area contributed by atoms with Crippen molar-refractivity contribution in [1.82, 2.24) is 29.9 Å². The Morgan fingerprint density at radius 1 is 0.140 bits per heavy atom. The van der Waals surface area contributed by atoms with Crippen molar-refractivity contribution >= 4 is 131 Å². The number of hydrogen-bond acceptors (Lipinski definition) is 9. The third kappa shape index (κ3) is 14.1. The van der Waals surface area contributed by atoms with Crippen LogP contribution in [0.4, 0.5) is 0 Å². The van der Waals surface area contributed by atoms with Crippen molar-refractivity contribution in [3.8, 4) is 123 Å². The van der Waals surface area contributed by atoms with Crippen LogP contribution in [0.25, 0.3) is 254 Å². The van der Waals surface area contributed by atoms with E-state index < -0.39 is 0 Å². The van der Waals surface area contributed by atoms with Crippen molar-refractivity contribution in [2.24, 2.45) is 0 Å². The number of rotatable bonds is 11. The van der Waals surface area contributed by atoms with Crippen LogP contribution in [0.5, 0.6) is 0 Å². The van der Waals surface area contributed by atoms with E-state index >= 15 is 0 Å². The zero-order chi connectivity index (χ0) is 85.2. The molecule has 602 valence electrons. The van der Waals surface area contributed by atoms with E-state index in [1.165, 1.54) is 49.2 Å². The fraction of sp³-hybridized carbons (Fsp3) is 0. The van der Waals surface area contributed by atoms with Gasteiger partial charge in [0.1, 0.15) is 33.5 Å². The maximum atomic E-state index is 6.14. The summed E-state index contributed by atoms with van der Waals surface area (Å²) in [7, 11) is 0. The van der Waals surface area contributed by atoms with Gasteiger partial charge in [0.15, 0.2) is 11.6 Å². The summed E-state index contributed by atoms with van der Waals surface area (Å²) in [6, 6.07) is 156. The number of benzene rings is 20. The van der Waals surface area contributed by atoms with E-state index in [1.54, 1.807) is 0 Å². The van der Waals surface area contributed by atoms with Crippen molar-refractivity contribution in [2.45, 2.75) is 0 Å². The number of fused-ring (bicyclic) bond motifs is 15. The average molecular weight is 1650 g/mol. The van der Waals surface area contributed by atoms with Crippen LogP contribution in [0.15, 0.2) is 462 Å². The Hall–Kier alpha value is -17.4. The Labute approximate surface area is 741 Å². The monoisotopic (exact) mass is 1650 g/mol. The van der Waals surface area contributed by atoms with Crippen LogP contribution in [-0.4, -0.2) is 29.9 Å². The van der Waals surface area contributed by atoms with Gasteiger partial charge in [-0.3, -0.25) is 0 Å². The molecule has 0 radical (unpaired) electrons. The zero-order valence-corrected chi connectivity index (χ0v) is 69.6. The van der Waals surface area contributed by atoms with E-state index in [4.69, 9.17) is 43.2 Å². The standard InChI is InChI=1S/2C42H26N2O.C36H22N2O/c1-2-11-30(12-3-1)41-36-26-31(24-25-37(36)43-42(44-41)34-17-8-13-28-10-4-5-14-32(28)34)27-20-22-29(23-21-27)33-16-9-19-39-40(33)35-15-6-7-18-38(35)45-39;1-2-10-30(11-3-1)42-43-37-26-32(23-24-35(37)41(44-42)33-22-19-27-9-4-5-12-31(27)25-33)28-17-20-29(21-18-28)34-14-8-16-39-40(34)36-13-6-7-15-38(36)45-39;1-2-8-26-21-27(18-15-23(26)7-1)24-13-16-25(17-14-24)35-36(38-32-11-5-4-10-31(32)37-35)28-19-20-34-30(22-28)29-9-3-6-12-33(29)39-34/h2*1-26H;1-22H. The summed E-state index contributed by atoms with van der Waals surface area (Å²) >= 11 is 0. The van der Waals surface area contributed by atoms with Crippen molar-refractivity contribution in [3.05, 3.63) is 449 Å². The molecule has 0 saturated carbocycles. The highest BCUT2D eigenvalue weighted by Crippen LogP contribution is 2.44. The van der Waals surface area contributed by atoms with Gasteiger partial charge in [0.25, 0.3) is 0 Å². The average Bonchev–Trinajstić information content (AvgIpc) is 1.77. The van der Waals surface area contributed by atoms with Gasteiger partial charge in [-0.1, -0.05) is 352 Å². The number of furan rings is 3. The van der Waals surface area contributed by atoms with Crippen molar-refractivity contribution < 1.29 is 13.3 Å². The first-order valence-corrected chi connectivity index (χ1v) is 43.4. The van der Waals surface area contributed by atoms with Crippen LogP contribution in [0.2, 0.25) is 0 Å². The second kappa shape index (κ2) is 32.0. The predicted octanol–water partition coefficient (Wildman–Crippen LogP) is 32.4. The van der Waals surface area contributed by atoms with Gasteiger partial charge in [0, 0.05) is 76.5 Å². The Bertz CT molecular complexity index is 8860. The topological polar surface area (TPSA) is 117 Å². The van der Waals surface area contributed by atoms with E-state index in [-0.39, 0.29) is 0 Å². The first-order valence-electron chi connectivity index (χ1n) is 43.4. The van der Waals surface area contributed by atoms with E-state index in [1.807, 2.05) is 109 Å². The van der Waals surface area contributed by atoms with Gasteiger partial charge in [-0.05, 0) is 185 Å². The summed E-state index contributed by atoms with van der Waals surface area (Å²) < 4.78 is 18.4. The van der Waals surface area contributed by atoms with E-state index in [0.29, 0.717) is 0 Å². The number of hydrogen-bond donors (Lipinski definition) is 0. The Kier molecular flexibility index (Phi) is 18.7. The smallest absolute Gasteiger partial charge is 0.161 e. The largest absolute Gasteiger partial charge is 0.456 e. The summed E-state index contributed by atoms with van der Waals surface area (Å²) in [6.07, 6.45) is 0. The summed E-state index contributed by atoms with van der Waals surface area (Å²) in [5.41, 5.74) is 30.3. The lowest BCUT2D eigenvalue weighted by Crippen LogP contribution is -1.96. The number of nitrogens with zero attached hydrogens (tertiary/aromatic N) is 6. The highest BCUT2D eigenvalue weighted by molar-refractivity contribution is 6.15. The second-order valence-electron chi connectivity index (χ2n) is 32.6. The summed E-state index contributed by atoms with van der Waals surface area (Å²) in [6.45, 7) is 0. The molecule has 20 aromatic carbocycles. The lowest BCUT2D eigenvalue weighted by molar-refractivity contribution is 0.668. The molecule has 9 nitrogen and oxygen atoms in total. The van der Waals surface area contributed by atoms with Gasteiger partial charge in [0.2, 0.25) is 0 Å². The molecule has 129 heavy (non-hydrogen) atoms. The second-order valence-corrected chi connectivity index (χ2v) is 32.6. The molecular weight excluding hydrogens is 1570 g/mol. The zero-order valence-electron chi connectivity index (χ0n) is 69.6. The molecule has 0 atom stereocenters. The van der Waals surface area contributed by atoms with Crippen LogP contribution in [-0.2, 0) is 0 Å². The predicted molar refractivity (Wildman–Crippen MR) is 533 cm³/mol. The van der Waals surface area contributed by atoms with Gasteiger partial charge in [-0.15, -0.1) is 0 Å². The highest BCUT2D eigenvalue weighted by Gasteiger charge is 2.22. The van der Waals surface area contributed by atoms with Gasteiger partial charge in [-0.25, -0.2) is 29.9 Å². The van der Waals surface area contributed by atoms with Gasteiger partial charge in [-0.2, -0.15) is 0 Å². The molecule has 26 aromatic rings. The van der Waals surface area contributed by atoms with Crippen molar-refractivity contribution in [1.29, 1.82) is 0 Å². The molecular formula is C120H74N6O3. The van der Waals surface area contributed by atoms with Crippen LogP contribution < -0.4 is 0 Å². The fourth-order valence-corrected chi connectivity index (χ4v) is 18.4. The van der Waals surface area contributed by atoms with Crippen LogP contribution in [0, 0.1) is 0 Å². The summed E-state index contributed by atoms with van der Waals surface area (Å²) in [5, 5.41) is 16.0. The lowest BCUT2D eigenvalue weighted by Gasteiger charge is -2.13. The van der Waals surface area contributed by atoms with Crippen LogP contribution in [0.1, 0.15) is 0 Å². The third-order valence-electron chi connectivity index (χ3n) is 24.9. The number of aromatic nitrogens is 6. The third-order valence-corrected chi connectivity index (χ3v) is 24.9.